The number of halogens is 1. The van der Waals surface area contributed by atoms with E-state index < -0.39 is 0 Å². The van der Waals surface area contributed by atoms with Crippen molar-refractivity contribution in [3.63, 3.8) is 0 Å². The number of aromatic nitrogens is 1. The molecule has 2 aliphatic rings. The van der Waals surface area contributed by atoms with E-state index in [0.717, 1.165) is 50.1 Å². The van der Waals surface area contributed by atoms with Gasteiger partial charge in [-0.05, 0) is 49.6 Å². The average molecular weight is 538 g/mol. The number of guanidine groups is 1. The van der Waals surface area contributed by atoms with Gasteiger partial charge in [0.1, 0.15) is 5.82 Å². The van der Waals surface area contributed by atoms with Crippen molar-refractivity contribution in [3.8, 4) is 0 Å². The Morgan fingerprint density at radius 2 is 1.87 bits per heavy atom. The largest absolute Gasteiger partial charge is 0.459 e. The quantitative estimate of drug-likeness (QED) is 0.359. The highest BCUT2D eigenvalue weighted by Crippen LogP contribution is 2.19. The van der Waals surface area contributed by atoms with Crippen LogP contribution in [-0.4, -0.2) is 72.5 Å². The van der Waals surface area contributed by atoms with Crippen LogP contribution >= 0.6 is 24.0 Å². The molecule has 0 atom stereocenters. The molecule has 4 rings (SSSR count). The maximum atomic E-state index is 12.5. The van der Waals surface area contributed by atoms with Gasteiger partial charge in [-0.1, -0.05) is 0 Å². The number of piperazine rings is 1. The molecule has 0 radical (unpaired) electrons. The standard InChI is InChI=1S/C22H30N6O2.HI/c1-2-23-22(25-17-18-7-8-24-20(16-18)26-9-3-4-10-26)28-13-11-27(12-14-28)21(29)19-6-5-15-30-19;/h5-8,15-16H,2-4,9-14,17H2,1H3,(H,23,25);1H. The van der Waals surface area contributed by atoms with Gasteiger partial charge in [-0.15, -0.1) is 24.0 Å². The lowest BCUT2D eigenvalue weighted by atomic mass is 10.2. The van der Waals surface area contributed by atoms with Crippen LogP contribution in [0.2, 0.25) is 0 Å². The first-order valence-corrected chi connectivity index (χ1v) is 10.8. The van der Waals surface area contributed by atoms with Gasteiger partial charge in [0.05, 0.1) is 12.8 Å². The molecule has 2 saturated heterocycles. The van der Waals surface area contributed by atoms with Crippen molar-refractivity contribution < 1.29 is 9.21 Å². The van der Waals surface area contributed by atoms with Crippen LogP contribution in [0.5, 0.6) is 0 Å². The van der Waals surface area contributed by atoms with Crippen molar-refractivity contribution in [1.82, 2.24) is 20.1 Å². The minimum atomic E-state index is -0.0483. The molecular formula is C22H31IN6O2. The third kappa shape index (κ3) is 5.90. The van der Waals surface area contributed by atoms with Crippen LogP contribution in [0.4, 0.5) is 5.82 Å². The van der Waals surface area contributed by atoms with Crippen LogP contribution in [0, 0.1) is 0 Å². The number of carbonyl (C=O) groups excluding carboxylic acids is 1. The van der Waals surface area contributed by atoms with E-state index in [0.29, 0.717) is 25.4 Å². The summed E-state index contributed by atoms with van der Waals surface area (Å²) in [6.45, 7) is 8.45. The molecule has 2 aliphatic heterocycles. The zero-order valence-electron chi connectivity index (χ0n) is 18.0. The minimum absolute atomic E-state index is 0. The average Bonchev–Trinajstić information content (AvgIpc) is 3.51. The fraction of sp³-hybridized carbons (Fsp3) is 0.500. The lowest BCUT2D eigenvalue weighted by molar-refractivity contribution is 0.0657. The predicted molar refractivity (Wildman–Crippen MR) is 132 cm³/mol. The number of aliphatic imine (C=N–C) groups is 1. The Hall–Kier alpha value is -2.30. The number of nitrogens with zero attached hydrogens (tertiary/aromatic N) is 5. The Balaban J connectivity index is 0.00000272. The van der Waals surface area contributed by atoms with Crippen LogP contribution in [0.25, 0.3) is 0 Å². The topological polar surface area (TPSA) is 77.2 Å². The highest BCUT2D eigenvalue weighted by atomic mass is 127. The molecule has 2 aromatic heterocycles. The van der Waals surface area contributed by atoms with Crippen LogP contribution in [0.1, 0.15) is 35.9 Å². The number of carbonyl (C=O) groups is 1. The van der Waals surface area contributed by atoms with E-state index in [9.17, 15) is 4.79 Å². The van der Waals surface area contributed by atoms with E-state index >= 15 is 0 Å². The molecule has 0 bridgehead atoms. The number of hydrogen-bond donors (Lipinski definition) is 1. The summed E-state index contributed by atoms with van der Waals surface area (Å²) in [4.78, 5) is 28.3. The lowest BCUT2D eigenvalue weighted by Gasteiger charge is -2.36. The molecule has 0 unspecified atom stereocenters. The van der Waals surface area contributed by atoms with Gasteiger partial charge in [0, 0.05) is 52.0 Å². The van der Waals surface area contributed by atoms with Crippen molar-refractivity contribution in [3.05, 3.63) is 48.0 Å². The van der Waals surface area contributed by atoms with E-state index in [1.165, 1.54) is 19.1 Å². The number of amides is 1. The van der Waals surface area contributed by atoms with Gasteiger partial charge >= 0.3 is 0 Å². The fourth-order valence-corrected chi connectivity index (χ4v) is 3.95. The molecule has 2 aromatic rings. The Morgan fingerprint density at radius 1 is 1.13 bits per heavy atom. The van der Waals surface area contributed by atoms with Gasteiger partial charge in [-0.2, -0.15) is 0 Å². The number of rotatable bonds is 5. The SMILES string of the molecule is CCNC(=NCc1ccnc(N2CCCC2)c1)N1CCN(C(=O)c2ccco2)CC1.I. The number of furan rings is 1. The third-order valence-electron chi connectivity index (χ3n) is 5.58. The van der Waals surface area contributed by atoms with Crippen LogP contribution in [-0.2, 0) is 6.54 Å². The van der Waals surface area contributed by atoms with Gasteiger partial charge in [0.15, 0.2) is 11.7 Å². The summed E-state index contributed by atoms with van der Waals surface area (Å²) in [6, 6.07) is 7.64. The van der Waals surface area contributed by atoms with E-state index in [1.807, 2.05) is 17.2 Å². The van der Waals surface area contributed by atoms with Crippen LogP contribution in [0.15, 0.2) is 46.1 Å². The molecule has 31 heavy (non-hydrogen) atoms. The van der Waals surface area contributed by atoms with E-state index in [-0.39, 0.29) is 29.9 Å². The molecule has 1 N–H and O–H groups in total. The van der Waals surface area contributed by atoms with Crippen LogP contribution in [0.3, 0.4) is 0 Å². The zero-order valence-corrected chi connectivity index (χ0v) is 20.3. The monoisotopic (exact) mass is 538 g/mol. The number of nitrogens with one attached hydrogen (secondary N) is 1. The smallest absolute Gasteiger partial charge is 0.289 e. The summed E-state index contributed by atoms with van der Waals surface area (Å²) in [5.41, 5.74) is 1.16. The molecule has 1 amide bonds. The Morgan fingerprint density at radius 3 is 2.55 bits per heavy atom. The maximum absolute atomic E-state index is 12.5. The van der Waals surface area contributed by atoms with Crippen molar-refractivity contribution in [2.45, 2.75) is 26.3 Å². The molecule has 0 spiro atoms. The number of hydrogen-bond acceptors (Lipinski definition) is 5. The molecule has 9 heteroatoms. The predicted octanol–water partition coefficient (Wildman–Crippen LogP) is 2.82. The molecule has 168 valence electrons. The second-order valence-electron chi connectivity index (χ2n) is 7.64. The second-order valence-corrected chi connectivity index (χ2v) is 7.64. The first-order chi connectivity index (χ1) is 14.7. The summed E-state index contributed by atoms with van der Waals surface area (Å²) in [7, 11) is 0. The summed E-state index contributed by atoms with van der Waals surface area (Å²) in [5.74, 6) is 2.29. The Kier molecular flexibility index (Phi) is 8.56. The lowest BCUT2D eigenvalue weighted by Crippen LogP contribution is -2.53. The Bertz CT molecular complexity index is 859. The van der Waals surface area contributed by atoms with E-state index in [2.05, 4.69) is 33.1 Å². The van der Waals surface area contributed by atoms with Crippen LogP contribution < -0.4 is 10.2 Å². The first-order valence-electron chi connectivity index (χ1n) is 10.8. The summed E-state index contributed by atoms with van der Waals surface area (Å²) in [6.07, 6.45) is 5.89. The molecule has 0 aliphatic carbocycles. The van der Waals surface area contributed by atoms with Crippen molar-refractivity contribution in [1.29, 1.82) is 0 Å². The van der Waals surface area contributed by atoms with Gasteiger partial charge < -0.3 is 24.4 Å². The second kappa shape index (κ2) is 11.4. The third-order valence-corrected chi connectivity index (χ3v) is 5.58. The van der Waals surface area contributed by atoms with Gasteiger partial charge in [-0.25, -0.2) is 9.98 Å². The minimum Gasteiger partial charge on any atom is -0.459 e. The highest BCUT2D eigenvalue weighted by Gasteiger charge is 2.25. The summed E-state index contributed by atoms with van der Waals surface area (Å²) >= 11 is 0. The molecule has 4 heterocycles. The van der Waals surface area contributed by atoms with Crippen molar-refractivity contribution in [2.24, 2.45) is 4.99 Å². The molecule has 8 nitrogen and oxygen atoms in total. The molecule has 0 saturated carbocycles. The zero-order chi connectivity index (χ0) is 20.8. The number of pyridine rings is 1. The van der Waals surface area contributed by atoms with Gasteiger partial charge in [-0.3, -0.25) is 4.79 Å². The first kappa shape index (κ1) is 23.4. The van der Waals surface area contributed by atoms with Gasteiger partial charge in [0.25, 0.3) is 5.91 Å². The fourth-order valence-electron chi connectivity index (χ4n) is 3.95. The maximum Gasteiger partial charge on any atom is 0.289 e. The van der Waals surface area contributed by atoms with E-state index in [4.69, 9.17) is 9.41 Å². The molecule has 2 fully saturated rings. The van der Waals surface area contributed by atoms with Crippen molar-refractivity contribution >= 4 is 41.7 Å². The number of anilines is 1. The van der Waals surface area contributed by atoms with Crippen molar-refractivity contribution in [2.75, 3.05) is 50.7 Å². The Labute approximate surface area is 200 Å². The van der Waals surface area contributed by atoms with E-state index in [1.54, 1.807) is 12.1 Å². The highest BCUT2D eigenvalue weighted by molar-refractivity contribution is 14.0. The molecular weight excluding hydrogens is 507 g/mol. The van der Waals surface area contributed by atoms with Gasteiger partial charge in [0.2, 0.25) is 0 Å². The molecule has 0 aromatic carbocycles. The summed E-state index contributed by atoms with van der Waals surface area (Å²) in [5, 5.41) is 3.39. The summed E-state index contributed by atoms with van der Waals surface area (Å²) < 4.78 is 5.25. The normalized spacial score (nSPS) is 16.9.